The number of halogens is 1. The van der Waals surface area contributed by atoms with Crippen LogP contribution in [0.2, 0.25) is 5.02 Å². The number of benzene rings is 1. The second-order valence-corrected chi connectivity index (χ2v) is 6.07. The fourth-order valence-corrected chi connectivity index (χ4v) is 3.39. The highest BCUT2D eigenvalue weighted by Gasteiger charge is 2.22. The normalized spacial score (nSPS) is 16.9. The Labute approximate surface area is 141 Å². The number of hydrogen-bond donors (Lipinski definition) is 1. The van der Waals surface area contributed by atoms with Crippen molar-refractivity contribution < 1.29 is 13.9 Å². The third-order valence-electron chi connectivity index (χ3n) is 4.18. The predicted octanol–water partition coefficient (Wildman–Crippen LogP) is 4.51. The Bertz CT molecular complexity index is 668. The van der Waals surface area contributed by atoms with Crippen molar-refractivity contribution in [3.05, 3.63) is 46.4 Å². The number of rotatable bonds is 6. The molecule has 1 aromatic carbocycles. The third kappa shape index (κ3) is 3.48. The van der Waals surface area contributed by atoms with Gasteiger partial charge < -0.3 is 19.2 Å². The van der Waals surface area contributed by atoms with Crippen LogP contribution >= 0.6 is 11.6 Å². The van der Waals surface area contributed by atoms with E-state index in [-0.39, 0.29) is 0 Å². The Morgan fingerprint density at radius 2 is 2.26 bits per heavy atom. The monoisotopic (exact) mass is 335 g/mol. The lowest BCUT2D eigenvalue weighted by Crippen LogP contribution is -2.24. The Hall–Kier alpha value is -1.65. The van der Waals surface area contributed by atoms with Crippen LogP contribution in [-0.2, 0) is 13.0 Å². The van der Waals surface area contributed by atoms with E-state index in [4.69, 9.17) is 25.5 Å². The molecular formula is C18H22ClNO3. The molecule has 4 nitrogen and oxygen atoms in total. The first-order valence-corrected chi connectivity index (χ1v) is 8.39. The maximum atomic E-state index is 6.33. The van der Waals surface area contributed by atoms with E-state index in [1.807, 2.05) is 19.1 Å². The van der Waals surface area contributed by atoms with Gasteiger partial charge in [-0.2, -0.15) is 0 Å². The number of ether oxygens (including phenoxy) is 2. The maximum Gasteiger partial charge on any atom is 0.179 e. The molecule has 0 radical (unpaired) electrons. The first-order valence-electron chi connectivity index (χ1n) is 8.01. The van der Waals surface area contributed by atoms with Crippen LogP contribution in [0.4, 0.5) is 0 Å². The van der Waals surface area contributed by atoms with Crippen molar-refractivity contribution in [1.29, 1.82) is 0 Å². The Morgan fingerprint density at radius 3 is 3.04 bits per heavy atom. The lowest BCUT2D eigenvalue weighted by atomic mass is 9.93. The highest BCUT2D eigenvalue weighted by Crippen LogP contribution is 2.37. The molecule has 3 rings (SSSR count). The number of nitrogens with one attached hydrogen (secondary N) is 1. The molecule has 2 aromatic rings. The molecule has 1 unspecified atom stereocenters. The van der Waals surface area contributed by atoms with Crippen molar-refractivity contribution in [1.82, 2.24) is 5.32 Å². The Morgan fingerprint density at radius 1 is 1.39 bits per heavy atom. The molecule has 1 atom stereocenters. The molecule has 0 spiro atoms. The second kappa shape index (κ2) is 7.28. The largest absolute Gasteiger partial charge is 0.493 e. The fourth-order valence-electron chi connectivity index (χ4n) is 3.10. The van der Waals surface area contributed by atoms with E-state index in [2.05, 4.69) is 11.4 Å². The second-order valence-electron chi connectivity index (χ2n) is 5.67. The van der Waals surface area contributed by atoms with Gasteiger partial charge in [0.05, 0.1) is 25.0 Å². The van der Waals surface area contributed by atoms with Gasteiger partial charge in [0.1, 0.15) is 5.76 Å². The van der Waals surface area contributed by atoms with Crippen molar-refractivity contribution >= 4 is 11.6 Å². The first-order chi connectivity index (χ1) is 11.2. The van der Waals surface area contributed by atoms with Crippen LogP contribution in [0.1, 0.15) is 42.7 Å². The van der Waals surface area contributed by atoms with Crippen LogP contribution in [0.25, 0.3) is 0 Å². The summed E-state index contributed by atoms with van der Waals surface area (Å²) in [5.74, 6) is 2.38. The summed E-state index contributed by atoms with van der Waals surface area (Å²) < 4.78 is 16.5. The molecule has 0 saturated carbocycles. The van der Waals surface area contributed by atoms with Crippen molar-refractivity contribution in [3.63, 3.8) is 0 Å². The standard InChI is InChI=1S/C18H22ClNO3/c1-3-22-18-14(19)9-12(10-17(18)21-2)11-20-15-5-4-6-16-13(15)7-8-23-16/h7-10,15,20H,3-6,11H2,1-2H3. The quantitative estimate of drug-likeness (QED) is 0.843. The van der Waals surface area contributed by atoms with Gasteiger partial charge in [-0.3, -0.25) is 0 Å². The molecule has 5 heteroatoms. The Balaban J connectivity index is 1.73. The number of fused-ring (bicyclic) bond motifs is 1. The van der Waals surface area contributed by atoms with Crippen molar-refractivity contribution in [2.45, 2.75) is 38.8 Å². The molecule has 124 valence electrons. The molecule has 0 amide bonds. The molecule has 0 aliphatic heterocycles. The fraction of sp³-hybridized carbons (Fsp3) is 0.444. The summed E-state index contributed by atoms with van der Waals surface area (Å²) in [6.07, 6.45) is 5.07. The number of aryl methyl sites for hydroxylation is 1. The zero-order valence-corrected chi connectivity index (χ0v) is 14.3. The minimum absolute atomic E-state index is 0.328. The average Bonchev–Trinajstić information content (AvgIpc) is 3.04. The summed E-state index contributed by atoms with van der Waals surface area (Å²) in [5, 5.41) is 4.17. The van der Waals surface area contributed by atoms with Gasteiger partial charge in [-0.05, 0) is 43.5 Å². The van der Waals surface area contributed by atoms with Gasteiger partial charge in [0.25, 0.3) is 0 Å². The molecule has 23 heavy (non-hydrogen) atoms. The predicted molar refractivity (Wildman–Crippen MR) is 90.4 cm³/mol. The Kier molecular flexibility index (Phi) is 5.13. The highest BCUT2D eigenvalue weighted by molar-refractivity contribution is 6.32. The van der Waals surface area contributed by atoms with Gasteiger partial charge in [0.15, 0.2) is 11.5 Å². The number of furan rings is 1. The van der Waals surface area contributed by atoms with Crippen LogP contribution in [-0.4, -0.2) is 13.7 Å². The van der Waals surface area contributed by atoms with E-state index < -0.39 is 0 Å². The zero-order valence-electron chi connectivity index (χ0n) is 13.5. The summed E-state index contributed by atoms with van der Waals surface area (Å²) in [4.78, 5) is 0. The van der Waals surface area contributed by atoms with Crippen LogP contribution < -0.4 is 14.8 Å². The van der Waals surface area contributed by atoms with E-state index in [9.17, 15) is 0 Å². The van der Waals surface area contributed by atoms with Gasteiger partial charge in [-0.15, -0.1) is 0 Å². The molecule has 0 fully saturated rings. The van der Waals surface area contributed by atoms with E-state index in [0.717, 1.165) is 37.1 Å². The van der Waals surface area contributed by atoms with Crippen LogP contribution in [0.3, 0.4) is 0 Å². The number of methoxy groups -OCH3 is 1. The average molecular weight is 336 g/mol. The van der Waals surface area contributed by atoms with Crippen LogP contribution in [0, 0.1) is 0 Å². The summed E-state index contributed by atoms with van der Waals surface area (Å²) in [5.41, 5.74) is 2.35. The summed E-state index contributed by atoms with van der Waals surface area (Å²) in [6, 6.07) is 6.30. The van der Waals surface area contributed by atoms with Gasteiger partial charge in [0.2, 0.25) is 0 Å². The van der Waals surface area contributed by atoms with Crippen LogP contribution in [0.5, 0.6) is 11.5 Å². The third-order valence-corrected chi connectivity index (χ3v) is 4.46. The topological polar surface area (TPSA) is 43.6 Å². The van der Waals surface area contributed by atoms with E-state index in [1.54, 1.807) is 13.4 Å². The summed E-state index contributed by atoms with van der Waals surface area (Å²) in [6.45, 7) is 3.20. The van der Waals surface area contributed by atoms with E-state index in [1.165, 1.54) is 5.56 Å². The van der Waals surface area contributed by atoms with Gasteiger partial charge in [-0.25, -0.2) is 0 Å². The molecule has 0 saturated heterocycles. The number of hydrogen-bond acceptors (Lipinski definition) is 4. The van der Waals surface area contributed by atoms with Crippen molar-refractivity contribution in [3.8, 4) is 11.5 Å². The van der Waals surface area contributed by atoms with Gasteiger partial charge in [-0.1, -0.05) is 11.6 Å². The van der Waals surface area contributed by atoms with Crippen molar-refractivity contribution in [2.75, 3.05) is 13.7 Å². The van der Waals surface area contributed by atoms with Crippen LogP contribution in [0.15, 0.2) is 28.9 Å². The summed E-state index contributed by atoms with van der Waals surface area (Å²) >= 11 is 6.33. The maximum absolute atomic E-state index is 6.33. The molecule has 1 N–H and O–H groups in total. The highest BCUT2D eigenvalue weighted by atomic mass is 35.5. The smallest absolute Gasteiger partial charge is 0.179 e. The summed E-state index contributed by atoms with van der Waals surface area (Å²) in [7, 11) is 1.63. The van der Waals surface area contributed by atoms with E-state index in [0.29, 0.717) is 29.2 Å². The minimum Gasteiger partial charge on any atom is -0.493 e. The van der Waals surface area contributed by atoms with Crippen molar-refractivity contribution in [2.24, 2.45) is 0 Å². The molecule has 1 aromatic heterocycles. The van der Waals surface area contributed by atoms with Gasteiger partial charge in [0, 0.05) is 24.6 Å². The zero-order chi connectivity index (χ0) is 16.2. The lowest BCUT2D eigenvalue weighted by Gasteiger charge is -2.23. The molecule has 1 aliphatic carbocycles. The van der Waals surface area contributed by atoms with E-state index >= 15 is 0 Å². The lowest BCUT2D eigenvalue weighted by molar-refractivity contribution is 0.310. The molecule has 0 bridgehead atoms. The molecule has 1 aliphatic rings. The SMILES string of the molecule is CCOc1c(Cl)cc(CNC2CCCc3occc32)cc1OC. The molecular weight excluding hydrogens is 314 g/mol. The minimum atomic E-state index is 0.328. The first kappa shape index (κ1) is 16.2. The molecule has 1 heterocycles. The van der Waals surface area contributed by atoms with Gasteiger partial charge >= 0.3 is 0 Å².